The molecule has 1 aromatic heterocycles. The van der Waals surface area contributed by atoms with Crippen molar-refractivity contribution in [2.24, 2.45) is 5.73 Å². The third kappa shape index (κ3) is 2.00. The van der Waals surface area contributed by atoms with Crippen LogP contribution in [0.15, 0.2) is 24.4 Å². The minimum absolute atomic E-state index is 0.0986. The zero-order valence-electron chi connectivity index (χ0n) is 8.20. The van der Waals surface area contributed by atoms with Crippen molar-refractivity contribution < 1.29 is 5.11 Å². The fourth-order valence-electron chi connectivity index (χ4n) is 1.72. The van der Waals surface area contributed by atoms with Crippen molar-refractivity contribution in [3.05, 3.63) is 35.0 Å². The number of aromatic nitrogens is 1. The average Bonchev–Trinajstić information content (AvgIpc) is 2.60. The zero-order chi connectivity index (χ0) is 10.8. The van der Waals surface area contributed by atoms with Crippen molar-refractivity contribution in [1.82, 2.24) is 4.98 Å². The predicted octanol–water partition coefficient (Wildman–Crippen LogP) is 2.20. The van der Waals surface area contributed by atoms with Crippen molar-refractivity contribution >= 4 is 22.5 Å². The van der Waals surface area contributed by atoms with Gasteiger partial charge in [0.05, 0.1) is 0 Å². The van der Waals surface area contributed by atoms with E-state index in [0.717, 1.165) is 16.5 Å². The number of nitrogens with one attached hydrogen (secondary N) is 1. The van der Waals surface area contributed by atoms with Gasteiger partial charge >= 0.3 is 0 Å². The molecule has 4 N–H and O–H groups in total. The van der Waals surface area contributed by atoms with Gasteiger partial charge < -0.3 is 15.8 Å². The third-order valence-electron chi connectivity index (χ3n) is 2.52. The standard InChI is InChI=1S/C11H13ClN2O/c12-7-1-2-8-9(10(13)3-4-15)6-14-11(8)5-7/h1-2,5-6,10,14-15H,3-4,13H2. The van der Waals surface area contributed by atoms with Gasteiger partial charge in [0.2, 0.25) is 0 Å². The maximum Gasteiger partial charge on any atom is 0.0472 e. The maximum absolute atomic E-state index is 8.84. The summed E-state index contributed by atoms with van der Waals surface area (Å²) in [5.74, 6) is 0. The van der Waals surface area contributed by atoms with Crippen molar-refractivity contribution in [3.8, 4) is 0 Å². The Balaban J connectivity index is 2.44. The van der Waals surface area contributed by atoms with E-state index in [9.17, 15) is 0 Å². The quantitative estimate of drug-likeness (QED) is 0.749. The lowest BCUT2D eigenvalue weighted by atomic mass is 10.0. The SMILES string of the molecule is NC(CCO)c1c[nH]c2cc(Cl)ccc12. The molecule has 2 aromatic rings. The molecule has 0 spiro atoms. The van der Waals surface area contributed by atoms with Crippen LogP contribution in [0.4, 0.5) is 0 Å². The first-order chi connectivity index (χ1) is 7.22. The Morgan fingerprint density at radius 3 is 3.00 bits per heavy atom. The Morgan fingerprint density at radius 2 is 2.27 bits per heavy atom. The molecule has 0 saturated carbocycles. The van der Waals surface area contributed by atoms with E-state index in [2.05, 4.69) is 4.98 Å². The number of fused-ring (bicyclic) bond motifs is 1. The molecule has 0 aliphatic heterocycles. The molecule has 0 fully saturated rings. The molecule has 1 atom stereocenters. The summed E-state index contributed by atoms with van der Waals surface area (Å²) in [6, 6.07) is 5.52. The van der Waals surface area contributed by atoms with Crippen molar-refractivity contribution in [1.29, 1.82) is 0 Å². The molecule has 0 amide bonds. The third-order valence-corrected chi connectivity index (χ3v) is 2.75. The molecule has 4 heteroatoms. The number of benzene rings is 1. The fourth-order valence-corrected chi connectivity index (χ4v) is 1.89. The Bertz CT molecular complexity index is 467. The number of hydrogen-bond acceptors (Lipinski definition) is 2. The second-order valence-electron chi connectivity index (χ2n) is 3.55. The van der Waals surface area contributed by atoms with Crippen LogP contribution >= 0.6 is 11.6 Å². The first-order valence-corrected chi connectivity index (χ1v) is 5.23. The number of halogens is 1. The normalized spacial score (nSPS) is 13.3. The minimum Gasteiger partial charge on any atom is -0.396 e. The van der Waals surface area contributed by atoms with E-state index in [1.54, 1.807) is 0 Å². The minimum atomic E-state index is -0.134. The van der Waals surface area contributed by atoms with Crippen LogP contribution in [0.2, 0.25) is 5.02 Å². The van der Waals surface area contributed by atoms with E-state index in [-0.39, 0.29) is 12.6 Å². The van der Waals surface area contributed by atoms with Crippen LogP contribution in [0.5, 0.6) is 0 Å². The molecule has 1 unspecified atom stereocenters. The van der Waals surface area contributed by atoms with Gasteiger partial charge in [-0.25, -0.2) is 0 Å². The van der Waals surface area contributed by atoms with Gasteiger partial charge in [-0.05, 0) is 24.1 Å². The molecule has 0 aliphatic rings. The van der Waals surface area contributed by atoms with Gasteiger partial charge in [0.1, 0.15) is 0 Å². The summed E-state index contributed by atoms with van der Waals surface area (Å²) in [4.78, 5) is 3.12. The van der Waals surface area contributed by atoms with E-state index in [4.69, 9.17) is 22.4 Å². The Hall–Kier alpha value is -1.03. The van der Waals surface area contributed by atoms with Crippen LogP contribution in [0.1, 0.15) is 18.0 Å². The van der Waals surface area contributed by atoms with Crippen LogP contribution in [0, 0.1) is 0 Å². The lowest BCUT2D eigenvalue weighted by Crippen LogP contribution is -2.11. The molecular formula is C11H13ClN2O. The van der Waals surface area contributed by atoms with Crippen molar-refractivity contribution in [2.75, 3.05) is 6.61 Å². The molecule has 0 bridgehead atoms. The van der Waals surface area contributed by atoms with Gasteiger partial charge in [-0.15, -0.1) is 0 Å². The number of rotatable bonds is 3. The smallest absolute Gasteiger partial charge is 0.0472 e. The first kappa shape index (κ1) is 10.5. The van der Waals surface area contributed by atoms with Crippen LogP contribution < -0.4 is 5.73 Å². The highest BCUT2D eigenvalue weighted by Gasteiger charge is 2.10. The molecule has 80 valence electrons. The summed E-state index contributed by atoms with van der Waals surface area (Å²) < 4.78 is 0. The van der Waals surface area contributed by atoms with Crippen LogP contribution in [0.25, 0.3) is 10.9 Å². The molecule has 1 aromatic carbocycles. The molecule has 1 heterocycles. The molecular weight excluding hydrogens is 212 g/mol. The van der Waals surface area contributed by atoms with Crippen LogP contribution in [0.3, 0.4) is 0 Å². The molecule has 0 radical (unpaired) electrons. The first-order valence-electron chi connectivity index (χ1n) is 4.85. The van der Waals surface area contributed by atoms with Gasteiger partial charge in [0.25, 0.3) is 0 Å². The number of aliphatic hydroxyl groups excluding tert-OH is 1. The van der Waals surface area contributed by atoms with E-state index >= 15 is 0 Å². The maximum atomic E-state index is 8.84. The molecule has 3 nitrogen and oxygen atoms in total. The Morgan fingerprint density at radius 1 is 1.47 bits per heavy atom. The second kappa shape index (κ2) is 4.23. The summed E-state index contributed by atoms with van der Waals surface area (Å²) in [5, 5.41) is 10.6. The Labute approximate surface area is 92.9 Å². The van der Waals surface area contributed by atoms with E-state index in [1.807, 2.05) is 24.4 Å². The van der Waals surface area contributed by atoms with Gasteiger partial charge in [0.15, 0.2) is 0 Å². The number of hydrogen-bond donors (Lipinski definition) is 3. The average molecular weight is 225 g/mol. The highest BCUT2D eigenvalue weighted by molar-refractivity contribution is 6.31. The molecule has 0 aliphatic carbocycles. The van der Waals surface area contributed by atoms with E-state index in [0.29, 0.717) is 11.4 Å². The van der Waals surface area contributed by atoms with Crippen LogP contribution in [-0.2, 0) is 0 Å². The summed E-state index contributed by atoms with van der Waals surface area (Å²) in [6.07, 6.45) is 2.44. The van der Waals surface area contributed by atoms with E-state index < -0.39 is 0 Å². The summed E-state index contributed by atoms with van der Waals surface area (Å²) >= 11 is 5.88. The lowest BCUT2D eigenvalue weighted by molar-refractivity contribution is 0.277. The fraction of sp³-hybridized carbons (Fsp3) is 0.273. The van der Waals surface area contributed by atoms with Crippen molar-refractivity contribution in [3.63, 3.8) is 0 Å². The highest BCUT2D eigenvalue weighted by Crippen LogP contribution is 2.26. The van der Waals surface area contributed by atoms with Gasteiger partial charge in [0, 0.05) is 34.8 Å². The second-order valence-corrected chi connectivity index (χ2v) is 3.99. The number of nitrogens with two attached hydrogens (primary N) is 1. The molecule has 2 rings (SSSR count). The zero-order valence-corrected chi connectivity index (χ0v) is 8.96. The van der Waals surface area contributed by atoms with E-state index in [1.165, 1.54) is 0 Å². The van der Waals surface area contributed by atoms with Crippen LogP contribution in [-0.4, -0.2) is 16.7 Å². The van der Waals surface area contributed by atoms with Gasteiger partial charge in [-0.1, -0.05) is 17.7 Å². The predicted molar refractivity (Wildman–Crippen MR) is 61.9 cm³/mol. The topological polar surface area (TPSA) is 62.0 Å². The summed E-state index contributed by atoms with van der Waals surface area (Å²) in [5.41, 5.74) is 7.94. The monoisotopic (exact) mass is 224 g/mol. The molecule has 15 heavy (non-hydrogen) atoms. The van der Waals surface area contributed by atoms with Crippen molar-refractivity contribution in [2.45, 2.75) is 12.5 Å². The summed E-state index contributed by atoms with van der Waals surface area (Å²) in [6.45, 7) is 0.0986. The number of aliphatic hydroxyl groups is 1. The van der Waals surface area contributed by atoms with Gasteiger partial charge in [-0.2, -0.15) is 0 Å². The highest BCUT2D eigenvalue weighted by atomic mass is 35.5. The molecule has 0 saturated heterocycles. The Kier molecular flexibility index (Phi) is 2.95. The number of H-pyrrole nitrogens is 1. The van der Waals surface area contributed by atoms with Gasteiger partial charge in [-0.3, -0.25) is 0 Å². The largest absolute Gasteiger partial charge is 0.396 e. The summed E-state index contributed by atoms with van der Waals surface area (Å²) in [7, 11) is 0. The number of aromatic amines is 1. The lowest BCUT2D eigenvalue weighted by Gasteiger charge is -2.08.